The number of nitrogens with zero attached hydrogens (tertiary/aromatic N) is 3. The van der Waals surface area contributed by atoms with E-state index in [1.54, 1.807) is 0 Å². The van der Waals surface area contributed by atoms with Crippen LogP contribution in [0.5, 0.6) is 0 Å². The van der Waals surface area contributed by atoms with Gasteiger partial charge in [0.2, 0.25) is 0 Å². The SMILES string of the molecule is O=Cc1nc(N2CCN(c3ccc(Cl)cc3)CC2)sc1-c1ccc(C(F)(F)F)cc1. The molecule has 3 aromatic rings. The molecule has 0 aliphatic carbocycles. The number of thiazole rings is 1. The molecular weight excluding hydrogens is 435 g/mol. The summed E-state index contributed by atoms with van der Waals surface area (Å²) in [5.74, 6) is 0. The van der Waals surface area contributed by atoms with Gasteiger partial charge in [-0.2, -0.15) is 13.2 Å². The minimum absolute atomic E-state index is 0.245. The van der Waals surface area contributed by atoms with Gasteiger partial charge in [0.25, 0.3) is 0 Å². The van der Waals surface area contributed by atoms with Crippen molar-refractivity contribution in [2.75, 3.05) is 36.0 Å². The van der Waals surface area contributed by atoms with E-state index < -0.39 is 11.7 Å². The molecule has 0 bridgehead atoms. The zero-order valence-corrected chi connectivity index (χ0v) is 17.3. The summed E-state index contributed by atoms with van der Waals surface area (Å²) in [6, 6.07) is 12.5. The smallest absolute Gasteiger partial charge is 0.368 e. The fourth-order valence-corrected chi connectivity index (χ4v) is 4.58. The molecule has 1 aliphatic rings. The van der Waals surface area contributed by atoms with Crippen molar-refractivity contribution in [3.8, 4) is 10.4 Å². The van der Waals surface area contributed by atoms with Crippen molar-refractivity contribution in [2.24, 2.45) is 0 Å². The van der Waals surface area contributed by atoms with Crippen molar-refractivity contribution in [1.29, 1.82) is 0 Å². The maximum absolute atomic E-state index is 12.8. The molecule has 4 nitrogen and oxygen atoms in total. The lowest BCUT2D eigenvalue weighted by Gasteiger charge is -2.36. The highest BCUT2D eigenvalue weighted by Gasteiger charge is 2.30. The minimum Gasteiger partial charge on any atom is -0.368 e. The Bertz CT molecular complexity index is 1030. The van der Waals surface area contributed by atoms with Crippen LogP contribution in [0.2, 0.25) is 5.02 Å². The number of carbonyl (C=O) groups is 1. The van der Waals surface area contributed by atoms with E-state index >= 15 is 0 Å². The molecule has 0 saturated carbocycles. The number of anilines is 2. The zero-order chi connectivity index (χ0) is 21.3. The summed E-state index contributed by atoms with van der Waals surface area (Å²) >= 11 is 7.27. The second-order valence-electron chi connectivity index (χ2n) is 6.85. The Morgan fingerprint density at radius 2 is 1.53 bits per heavy atom. The van der Waals surface area contributed by atoms with Crippen molar-refractivity contribution in [1.82, 2.24) is 4.98 Å². The Kier molecular flexibility index (Phi) is 5.71. The van der Waals surface area contributed by atoms with E-state index in [0.717, 1.165) is 44.0 Å². The number of hydrogen-bond donors (Lipinski definition) is 0. The van der Waals surface area contributed by atoms with E-state index in [1.807, 2.05) is 24.3 Å². The molecule has 0 radical (unpaired) electrons. The van der Waals surface area contributed by atoms with Crippen LogP contribution in [0, 0.1) is 0 Å². The zero-order valence-electron chi connectivity index (χ0n) is 15.7. The predicted octanol–water partition coefficient (Wildman–Crippen LogP) is 5.62. The van der Waals surface area contributed by atoms with Gasteiger partial charge in [-0.25, -0.2) is 4.98 Å². The van der Waals surface area contributed by atoms with Crippen molar-refractivity contribution < 1.29 is 18.0 Å². The Balaban J connectivity index is 1.50. The van der Waals surface area contributed by atoms with Gasteiger partial charge in [0.1, 0.15) is 5.69 Å². The van der Waals surface area contributed by atoms with Gasteiger partial charge in [0, 0.05) is 36.9 Å². The molecule has 0 atom stereocenters. The molecule has 1 aliphatic heterocycles. The maximum Gasteiger partial charge on any atom is 0.416 e. The van der Waals surface area contributed by atoms with Crippen LogP contribution in [0.1, 0.15) is 16.1 Å². The van der Waals surface area contributed by atoms with Crippen LogP contribution >= 0.6 is 22.9 Å². The number of aldehydes is 1. The molecule has 1 saturated heterocycles. The number of halogens is 4. The largest absolute Gasteiger partial charge is 0.416 e. The lowest BCUT2D eigenvalue weighted by Crippen LogP contribution is -2.46. The second-order valence-corrected chi connectivity index (χ2v) is 8.27. The number of aromatic nitrogens is 1. The summed E-state index contributed by atoms with van der Waals surface area (Å²) in [6.45, 7) is 3.02. The van der Waals surface area contributed by atoms with Gasteiger partial charge in [-0.05, 0) is 42.0 Å². The first-order valence-corrected chi connectivity index (χ1v) is 10.4. The van der Waals surface area contributed by atoms with Crippen LogP contribution in [0.3, 0.4) is 0 Å². The first-order chi connectivity index (χ1) is 14.3. The van der Waals surface area contributed by atoms with Gasteiger partial charge in [-0.15, -0.1) is 0 Å². The summed E-state index contributed by atoms with van der Waals surface area (Å²) < 4.78 is 38.4. The molecule has 4 rings (SSSR count). The molecule has 0 amide bonds. The fraction of sp³-hybridized carbons (Fsp3) is 0.238. The number of rotatable bonds is 4. The Hall–Kier alpha value is -2.58. The molecule has 2 aromatic carbocycles. The average molecular weight is 452 g/mol. The highest BCUT2D eigenvalue weighted by molar-refractivity contribution is 7.19. The molecule has 1 aromatic heterocycles. The van der Waals surface area contributed by atoms with E-state index in [2.05, 4.69) is 14.8 Å². The minimum atomic E-state index is -4.39. The van der Waals surface area contributed by atoms with Crippen molar-refractivity contribution in [3.05, 3.63) is 64.8 Å². The predicted molar refractivity (Wildman–Crippen MR) is 114 cm³/mol. The molecule has 0 unspecified atom stereocenters. The molecule has 30 heavy (non-hydrogen) atoms. The number of piperazine rings is 1. The number of carbonyl (C=O) groups excluding carboxylic acids is 1. The lowest BCUT2D eigenvalue weighted by atomic mass is 10.1. The second kappa shape index (κ2) is 8.28. The summed E-state index contributed by atoms with van der Waals surface area (Å²) in [5.41, 5.74) is 1.17. The van der Waals surface area contributed by atoms with Gasteiger partial charge >= 0.3 is 6.18 Å². The Morgan fingerprint density at radius 1 is 0.933 bits per heavy atom. The third kappa shape index (κ3) is 4.29. The van der Waals surface area contributed by atoms with Gasteiger partial charge in [0.05, 0.1) is 10.4 Å². The van der Waals surface area contributed by atoms with Crippen LogP contribution in [-0.4, -0.2) is 37.4 Å². The monoisotopic (exact) mass is 451 g/mol. The lowest BCUT2D eigenvalue weighted by molar-refractivity contribution is -0.137. The molecule has 1 fully saturated rings. The average Bonchev–Trinajstić information content (AvgIpc) is 3.18. The number of hydrogen-bond acceptors (Lipinski definition) is 5. The molecule has 9 heteroatoms. The van der Waals surface area contributed by atoms with Crippen LogP contribution in [-0.2, 0) is 6.18 Å². The quantitative estimate of drug-likeness (QED) is 0.482. The van der Waals surface area contributed by atoms with Crippen molar-refractivity contribution in [2.45, 2.75) is 6.18 Å². The third-order valence-electron chi connectivity index (χ3n) is 4.97. The van der Waals surface area contributed by atoms with E-state index in [4.69, 9.17) is 11.6 Å². The molecule has 2 heterocycles. The number of alkyl halides is 3. The highest BCUT2D eigenvalue weighted by Crippen LogP contribution is 2.37. The Morgan fingerprint density at radius 3 is 2.10 bits per heavy atom. The summed E-state index contributed by atoms with van der Waals surface area (Å²) in [5, 5.41) is 1.39. The van der Waals surface area contributed by atoms with E-state index in [-0.39, 0.29) is 5.69 Å². The van der Waals surface area contributed by atoms with Crippen LogP contribution in [0.4, 0.5) is 24.0 Å². The van der Waals surface area contributed by atoms with Crippen LogP contribution < -0.4 is 9.80 Å². The third-order valence-corrected chi connectivity index (χ3v) is 6.40. The molecular formula is C21H17ClF3N3OS. The summed E-state index contributed by atoms with van der Waals surface area (Å²) in [7, 11) is 0. The van der Waals surface area contributed by atoms with Crippen LogP contribution in [0.25, 0.3) is 10.4 Å². The van der Waals surface area contributed by atoms with Gasteiger partial charge in [0.15, 0.2) is 11.4 Å². The molecule has 0 N–H and O–H groups in total. The van der Waals surface area contributed by atoms with E-state index in [0.29, 0.717) is 26.9 Å². The highest BCUT2D eigenvalue weighted by atomic mass is 35.5. The maximum atomic E-state index is 12.8. The summed E-state index contributed by atoms with van der Waals surface area (Å²) in [4.78, 5) is 20.9. The van der Waals surface area contributed by atoms with E-state index in [9.17, 15) is 18.0 Å². The molecule has 0 spiro atoms. The Labute approximate surface area is 180 Å². The summed E-state index contributed by atoms with van der Waals surface area (Å²) in [6.07, 6.45) is -3.74. The van der Waals surface area contributed by atoms with Gasteiger partial charge < -0.3 is 9.80 Å². The topological polar surface area (TPSA) is 36.4 Å². The van der Waals surface area contributed by atoms with Crippen LogP contribution in [0.15, 0.2) is 48.5 Å². The van der Waals surface area contributed by atoms with Crippen molar-refractivity contribution in [3.63, 3.8) is 0 Å². The first-order valence-electron chi connectivity index (χ1n) is 9.24. The van der Waals surface area contributed by atoms with Crippen molar-refractivity contribution >= 4 is 40.0 Å². The normalized spacial score (nSPS) is 14.8. The number of benzene rings is 2. The van der Waals surface area contributed by atoms with Gasteiger partial charge in [-0.3, -0.25) is 4.79 Å². The van der Waals surface area contributed by atoms with E-state index in [1.165, 1.54) is 23.5 Å². The molecule has 156 valence electrons. The van der Waals surface area contributed by atoms with Gasteiger partial charge in [-0.1, -0.05) is 35.1 Å². The first kappa shape index (κ1) is 20.7. The standard InChI is InChI=1S/C21H17ClF3N3OS/c22-16-5-7-17(8-6-16)27-9-11-28(12-10-27)20-26-18(13-29)19(30-20)14-1-3-15(4-2-14)21(23,24)25/h1-8,13H,9-12H2. The fourth-order valence-electron chi connectivity index (χ4n) is 3.36.